The molecule has 4 rings (SSSR count). The van der Waals surface area contributed by atoms with E-state index in [0.717, 1.165) is 66.2 Å². The first kappa shape index (κ1) is 23.2. The predicted molar refractivity (Wildman–Crippen MR) is 128 cm³/mol. The van der Waals surface area contributed by atoms with Gasteiger partial charge in [-0.05, 0) is 103 Å². The first-order valence-electron chi connectivity index (χ1n) is 13.2. The first-order chi connectivity index (χ1) is 14.8. The molecule has 0 radical (unpaired) electrons. The third-order valence-electron chi connectivity index (χ3n) is 10.6. The van der Waals surface area contributed by atoms with Crippen molar-refractivity contribution < 1.29 is 9.94 Å². The number of methoxy groups -OCH3 is 1. The Hall–Kier alpha value is -0.990. The van der Waals surface area contributed by atoms with Crippen LogP contribution >= 0.6 is 0 Å². The molecule has 0 unspecified atom stereocenters. The number of nitrogens with zero attached hydrogens (tertiary/aromatic N) is 1. The van der Waals surface area contributed by atoms with Crippen molar-refractivity contribution in [1.29, 1.82) is 0 Å². The summed E-state index contributed by atoms with van der Waals surface area (Å²) in [7, 11) is 1.76. The zero-order chi connectivity index (χ0) is 22.4. The summed E-state index contributed by atoms with van der Waals surface area (Å²) >= 11 is 0. The number of fused-ring (bicyclic) bond motifs is 5. The van der Waals surface area contributed by atoms with E-state index in [0.29, 0.717) is 5.41 Å². The molecule has 0 aromatic carbocycles. The van der Waals surface area contributed by atoms with Crippen LogP contribution in [0.25, 0.3) is 0 Å². The molecule has 0 saturated heterocycles. The third kappa shape index (κ3) is 3.76. The number of hydrogen-bond acceptors (Lipinski definition) is 3. The molecule has 0 spiro atoms. The van der Waals surface area contributed by atoms with Crippen molar-refractivity contribution in [3.05, 3.63) is 11.3 Å². The van der Waals surface area contributed by atoms with Crippen LogP contribution in [0.4, 0.5) is 0 Å². The van der Waals surface area contributed by atoms with E-state index in [1.165, 1.54) is 56.9 Å². The maximum Gasteiger partial charge on any atom is 0.143 e. The lowest BCUT2D eigenvalue weighted by atomic mass is 9.46. The summed E-state index contributed by atoms with van der Waals surface area (Å²) in [6.07, 6.45) is 14.3. The minimum absolute atomic E-state index is 0.227. The molecule has 1 N–H and O–H groups in total. The van der Waals surface area contributed by atoms with Crippen LogP contribution in [0.2, 0.25) is 0 Å². The average Bonchev–Trinajstić information content (AvgIpc) is 3.09. The Morgan fingerprint density at radius 2 is 1.77 bits per heavy atom. The largest absolute Gasteiger partial charge is 0.495 e. The summed E-state index contributed by atoms with van der Waals surface area (Å²) in [6, 6.07) is 0. The van der Waals surface area contributed by atoms with Crippen LogP contribution in [0.5, 0.6) is 0 Å². The Bertz CT molecular complexity index is 725. The molecular formula is C28H47NO2. The van der Waals surface area contributed by atoms with E-state index in [2.05, 4.69) is 39.8 Å². The highest BCUT2D eigenvalue weighted by molar-refractivity contribution is 5.99. The van der Waals surface area contributed by atoms with Gasteiger partial charge in [0.2, 0.25) is 0 Å². The molecule has 176 valence electrons. The summed E-state index contributed by atoms with van der Waals surface area (Å²) in [5, 5.41) is 13.1. The van der Waals surface area contributed by atoms with Crippen LogP contribution in [-0.2, 0) is 4.74 Å². The smallest absolute Gasteiger partial charge is 0.143 e. The monoisotopic (exact) mass is 429 g/mol. The topological polar surface area (TPSA) is 41.8 Å². The van der Waals surface area contributed by atoms with Crippen LogP contribution in [-0.4, -0.2) is 18.0 Å². The van der Waals surface area contributed by atoms with Crippen LogP contribution < -0.4 is 0 Å². The van der Waals surface area contributed by atoms with Crippen LogP contribution in [0.15, 0.2) is 16.5 Å². The fraction of sp³-hybridized carbons (Fsp3) is 0.893. The molecule has 3 fully saturated rings. The molecule has 7 atom stereocenters. The minimum atomic E-state index is 0.227. The zero-order valence-electron chi connectivity index (χ0n) is 21.0. The second kappa shape index (κ2) is 8.75. The molecular weight excluding hydrogens is 382 g/mol. The van der Waals surface area contributed by atoms with Crippen molar-refractivity contribution in [2.75, 3.05) is 7.11 Å². The Balaban J connectivity index is 1.54. The van der Waals surface area contributed by atoms with E-state index >= 15 is 0 Å². The molecule has 0 bridgehead atoms. The highest BCUT2D eigenvalue weighted by Gasteiger charge is 2.60. The quantitative estimate of drug-likeness (QED) is 0.345. The Morgan fingerprint density at radius 3 is 2.45 bits per heavy atom. The van der Waals surface area contributed by atoms with Gasteiger partial charge in [-0.25, -0.2) is 0 Å². The standard InChI is InChI=1S/C28H47NO2/c1-18(2)8-7-9-19(3)21-12-13-22-20-10-11-24-26(31-6)25(29-30)15-17-28(24,5)23(20)14-16-27(21,22)4/h18-23,30H,7-17H2,1-6H3/t19-,20+,21-,22+,23+,27-,28-/m1/s1. The van der Waals surface area contributed by atoms with Crippen LogP contribution in [0.3, 0.4) is 0 Å². The van der Waals surface area contributed by atoms with Gasteiger partial charge in [-0.1, -0.05) is 59.0 Å². The molecule has 3 heteroatoms. The highest BCUT2D eigenvalue weighted by atomic mass is 16.5. The first-order valence-corrected chi connectivity index (χ1v) is 13.2. The second-order valence-corrected chi connectivity index (χ2v) is 12.4. The van der Waals surface area contributed by atoms with Crippen LogP contribution in [0, 0.1) is 46.3 Å². The molecule has 0 aromatic rings. The van der Waals surface area contributed by atoms with E-state index in [-0.39, 0.29) is 5.41 Å². The number of allylic oxidation sites excluding steroid dienone is 2. The van der Waals surface area contributed by atoms with Gasteiger partial charge in [0.25, 0.3) is 0 Å². The van der Waals surface area contributed by atoms with Gasteiger partial charge in [-0.2, -0.15) is 0 Å². The Kier molecular flexibility index (Phi) is 6.54. The number of oxime groups is 1. The SMILES string of the molecule is COC1=C2CC[C@H]3[C@@H]4CC[C@H]([C@H](C)CCCC(C)C)[C@@]4(C)CC[C@@H]3[C@@]2(C)CCC1=NO. The van der Waals surface area contributed by atoms with Gasteiger partial charge in [0, 0.05) is 0 Å². The molecule has 31 heavy (non-hydrogen) atoms. The third-order valence-corrected chi connectivity index (χ3v) is 10.6. The van der Waals surface area contributed by atoms with Crippen molar-refractivity contribution in [3.8, 4) is 0 Å². The molecule has 0 aromatic heterocycles. The van der Waals surface area contributed by atoms with E-state index in [9.17, 15) is 5.21 Å². The van der Waals surface area contributed by atoms with Crippen LogP contribution in [0.1, 0.15) is 105 Å². The lowest BCUT2D eigenvalue weighted by Gasteiger charge is -2.58. The van der Waals surface area contributed by atoms with E-state index in [4.69, 9.17) is 4.74 Å². The summed E-state index contributed by atoms with van der Waals surface area (Å²) < 4.78 is 5.81. The molecule has 0 aliphatic heterocycles. The van der Waals surface area contributed by atoms with Gasteiger partial charge < -0.3 is 9.94 Å². The minimum Gasteiger partial charge on any atom is -0.495 e. The lowest BCUT2D eigenvalue weighted by molar-refractivity contribution is -0.0592. The van der Waals surface area contributed by atoms with Gasteiger partial charge in [0.15, 0.2) is 0 Å². The number of hydrogen-bond donors (Lipinski definition) is 1. The maximum atomic E-state index is 9.50. The summed E-state index contributed by atoms with van der Waals surface area (Å²) in [5.74, 6) is 6.08. The van der Waals surface area contributed by atoms with Gasteiger partial charge in [0.1, 0.15) is 11.5 Å². The van der Waals surface area contributed by atoms with Gasteiger partial charge >= 0.3 is 0 Å². The normalized spacial score (nSPS) is 42.4. The van der Waals surface area contributed by atoms with Gasteiger partial charge in [-0.3, -0.25) is 0 Å². The average molecular weight is 430 g/mol. The van der Waals surface area contributed by atoms with Crippen molar-refractivity contribution in [3.63, 3.8) is 0 Å². The fourth-order valence-corrected chi connectivity index (χ4v) is 9.04. The van der Waals surface area contributed by atoms with Crippen molar-refractivity contribution in [2.45, 2.75) is 105 Å². The van der Waals surface area contributed by atoms with E-state index in [1.807, 2.05) is 0 Å². The summed E-state index contributed by atoms with van der Waals surface area (Å²) in [4.78, 5) is 0. The molecule has 0 amide bonds. The zero-order valence-corrected chi connectivity index (χ0v) is 21.0. The highest BCUT2D eigenvalue weighted by Crippen LogP contribution is 2.68. The summed E-state index contributed by atoms with van der Waals surface area (Å²) in [6.45, 7) is 12.5. The molecule has 3 nitrogen and oxygen atoms in total. The fourth-order valence-electron chi connectivity index (χ4n) is 9.04. The molecule has 3 saturated carbocycles. The summed E-state index contributed by atoms with van der Waals surface area (Å²) in [5.41, 5.74) is 3.00. The molecule has 0 heterocycles. The number of ether oxygens (including phenoxy) is 1. The molecule has 4 aliphatic rings. The second-order valence-electron chi connectivity index (χ2n) is 12.4. The lowest BCUT2D eigenvalue weighted by Crippen LogP contribution is -2.51. The van der Waals surface area contributed by atoms with Gasteiger partial charge in [-0.15, -0.1) is 0 Å². The van der Waals surface area contributed by atoms with E-state index in [1.54, 1.807) is 7.11 Å². The van der Waals surface area contributed by atoms with Crippen molar-refractivity contribution in [2.24, 2.45) is 51.5 Å². The maximum absolute atomic E-state index is 9.50. The predicted octanol–water partition coefficient (Wildman–Crippen LogP) is 7.83. The van der Waals surface area contributed by atoms with Crippen molar-refractivity contribution in [1.82, 2.24) is 0 Å². The van der Waals surface area contributed by atoms with Crippen molar-refractivity contribution >= 4 is 5.71 Å². The Labute approximate surface area is 191 Å². The molecule has 4 aliphatic carbocycles. The van der Waals surface area contributed by atoms with E-state index < -0.39 is 0 Å². The number of rotatable bonds is 6. The van der Waals surface area contributed by atoms with Gasteiger partial charge in [0.05, 0.1) is 7.11 Å². The Morgan fingerprint density at radius 1 is 1.00 bits per heavy atom.